The Balaban J connectivity index is 2.14. The van der Waals surface area contributed by atoms with E-state index in [9.17, 15) is 0 Å². The van der Waals surface area contributed by atoms with Crippen LogP contribution >= 0.6 is 35.1 Å². The maximum Gasteiger partial charge on any atom is 0.0638 e. The predicted octanol–water partition coefficient (Wildman–Crippen LogP) is 2.03. The van der Waals surface area contributed by atoms with Crippen LogP contribution in [0.3, 0.4) is 0 Å². The molecule has 0 bridgehead atoms. The fourth-order valence-corrected chi connectivity index (χ4v) is 3.47. The van der Waals surface area contributed by atoms with E-state index in [0.29, 0.717) is 4.58 Å². The Bertz CT molecular complexity index is 51.7. The summed E-state index contributed by atoms with van der Waals surface area (Å²) >= 11 is 9.51. The Morgan fingerprint density at radius 3 is 2.29 bits per heavy atom. The molecule has 1 fully saturated rings. The number of alkyl halides is 1. The van der Waals surface area contributed by atoms with Crippen LogP contribution in [0.4, 0.5) is 0 Å². The summed E-state index contributed by atoms with van der Waals surface area (Å²) < 4.78 is 0.696. The van der Waals surface area contributed by atoms with Crippen molar-refractivity contribution in [3.8, 4) is 0 Å². The van der Waals surface area contributed by atoms with Crippen molar-refractivity contribution in [2.75, 3.05) is 17.4 Å². The van der Waals surface area contributed by atoms with Crippen LogP contribution in [0.5, 0.6) is 0 Å². The first-order valence-electron chi connectivity index (χ1n) is 2.22. The van der Waals surface area contributed by atoms with Gasteiger partial charge in [0.05, 0.1) is 4.58 Å². The summed E-state index contributed by atoms with van der Waals surface area (Å²) in [5.41, 5.74) is 0. The zero-order valence-electron chi connectivity index (χ0n) is 3.89. The second-order valence-electron chi connectivity index (χ2n) is 1.33. The van der Waals surface area contributed by atoms with Crippen molar-refractivity contribution < 1.29 is 0 Å². The Labute approximate surface area is 57.4 Å². The van der Waals surface area contributed by atoms with Crippen LogP contribution in [-0.2, 0) is 0 Å². The minimum atomic E-state index is 0.696. The largest absolute Gasteiger partial charge is 0.146 e. The van der Waals surface area contributed by atoms with Gasteiger partial charge in [-0.05, 0) is 0 Å². The van der Waals surface area contributed by atoms with Crippen LogP contribution in [0.25, 0.3) is 0 Å². The molecule has 1 heterocycles. The second kappa shape index (κ2) is 3.10. The van der Waals surface area contributed by atoms with Crippen molar-refractivity contribution in [3.63, 3.8) is 0 Å². The minimum Gasteiger partial charge on any atom is -0.146 e. The van der Waals surface area contributed by atoms with E-state index in [1.807, 2.05) is 23.5 Å². The fourth-order valence-electron chi connectivity index (χ4n) is 0.496. The summed E-state index contributed by atoms with van der Waals surface area (Å²) in [6, 6.07) is 0. The smallest absolute Gasteiger partial charge is 0.0638 e. The molecule has 0 nitrogen and oxygen atoms in total. The topological polar surface area (TPSA) is 0 Å². The number of hydrogen-bond acceptors (Lipinski definition) is 2. The third-order valence-electron chi connectivity index (χ3n) is 0.817. The highest BCUT2D eigenvalue weighted by Crippen LogP contribution is 2.32. The Morgan fingerprint density at radius 1 is 1.43 bits per heavy atom. The van der Waals surface area contributed by atoms with E-state index in [4.69, 9.17) is 11.6 Å². The molecule has 0 spiro atoms. The third-order valence-corrected chi connectivity index (χ3v) is 4.52. The Morgan fingerprint density at radius 2 is 2.00 bits per heavy atom. The van der Waals surface area contributed by atoms with Gasteiger partial charge in [-0.15, -0.1) is 35.1 Å². The number of thioether (sulfide) groups is 2. The van der Waals surface area contributed by atoms with E-state index in [0.717, 1.165) is 5.88 Å². The Hall–Kier alpha value is 0.990. The van der Waals surface area contributed by atoms with Crippen LogP contribution in [0, 0.1) is 0 Å². The van der Waals surface area contributed by atoms with Gasteiger partial charge in [-0.1, -0.05) is 0 Å². The first-order chi connectivity index (χ1) is 3.43. The first kappa shape index (κ1) is 6.12. The minimum absolute atomic E-state index is 0.696. The lowest BCUT2D eigenvalue weighted by Gasteiger charge is -1.97. The number of halogens is 1. The highest BCUT2D eigenvalue weighted by molar-refractivity contribution is 8.20. The molecular weight excluding hydrogens is 148 g/mol. The highest BCUT2D eigenvalue weighted by Gasteiger charge is 2.13. The predicted molar refractivity (Wildman–Crippen MR) is 39.4 cm³/mol. The SMILES string of the molecule is ClCC1SCCS1. The molecule has 0 unspecified atom stereocenters. The van der Waals surface area contributed by atoms with Gasteiger partial charge in [-0.3, -0.25) is 0 Å². The molecule has 0 radical (unpaired) electrons. The lowest BCUT2D eigenvalue weighted by Crippen LogP contribution is -1.89. The van der Waals surface area contributed by atoms with Crippen molar-refractivity contribution in [1.29, 1.82) is 0 Å². The molecule has 1 aliphatic rings. The summed E-state index contributed by atoms with van der Waals surface area (Å²) in [5, 5.41) is 0. The standard InChI is InChI=1S/C4H7ClS2/c5-3-4-6-1-2-7-4/h4H,1-3H2. The van der Waals surface area contributed by atoms with E-state index < -0.39 is 0 Å². The molecule has 3 heteroatoms. The van der Waals surface area contributed by atoms with Gasteiger partial charge >= 0.3 is 0 Å². The molecule has 0 aromatic carbocycles. The Kier molecular flexibility index (Phi) is 2.71. The molecule has 0 aromatic rings. The summed E-state index contributed by atoms with van der Waals surface area (Å²) in [6.45, 7) is 0. The zero-order valence-corrected chi connectivity index (χ0v) is 6.28. The van der Waals surface area contributed by atoms with Crippen molar-refractivity contribution in [3.05, 3.63) is 0 Å². The van der Waals surface area contributed by atoms with Crippen LogP contribution in [-0.4, -0.2) is 22.0 Å². The van der Waals surface area contributed by atoms with E-state index in [2.05, 4.69) is 0 Å². The van der Waals surface area contributed by atoms with Gasteiger partial charge in [0.1, 0.15) is 0 Å². The van der Waals surface area contributed by atoms with Gasteiger partial charge in [0, 0.05) is 17.4 Å². The van der Waals surface area contributed by atoms with Gasteiger partial charge in [-0.25, -0.2) is 0 Å². The molecule has 0 amide bonds. The van der Waals surface area contributed by atoms with Gasteiger partial charge < -0.3 is 0 Å². The zero-order chi connectivity index (χ0) is 5.11. The summed E-state index contributed by atoms with van der Waals surface area (Å²) in [4.78, 5) is 0. The quantitative estimate of drug-likeness (QED) is 0.531. The molecule has 1 saturated heterocycles. The molecule has 0 aromatic heterocycles. The second-order valence-corrected chi connectivity index (χ2v) is 4.55. The van der Waals surface area contributed by atoms with Crippen LogP contribution < -0.4 is 0 Å². The van der Waals surface area contributed by atoms with Gasteiger partial charge in [0.15, 0.2) is 0 Å². The molecular formula is C4H7ClS2. The fraction of sp³-hybridized carbons (Fsp3) is 1.00. The molecule has 0 N–H and O–H groups in total. The van der Waals surface area contributed by atoms with E-state index in [-0.39, 0.29) is 0 Å². The lowest BCUT2D eigenvalue weighted by atomic mass is 10.9. The summed E-state index contributed by atoms with van der Waals surface area (Å²) in [5.74, 6) is 3.40. The average molecular weight is 155 g/mol. The van der Waals surface area contributed by atoms with E-state index in [1.54, 1.807) is 0 Å². The molecule has 7 heavy (non-hydrogen) atoms. The van der Waals surface area contributed by atoms with Crippen LogP contribution in [0.1, 0.15) is 0 Å². The van der Waals surface area contributed by atoms with Gasteiger partial charge in [0.25, 0.3) is 0 Å². The maximum absolute atomic E-state index is 5.57. The van der Waals surface area contributed by atoms with E-state index in [1.165, 1.54) is 11.5 Å². The van der Waals surface area contributed by atoms with Crippen LogP contribution in [0.15, 0.2) is 0 Å². The maximum atomic E-state index is 5.57. The monoisotopic (exact) mass is 154 g/mol. The molecule has 0 saturated carbocycles. The van der Waals surface area contributed by atoms with Crippen molar-refractivity contribution in [2.24, 2.45) is 0 Å². The molecule has 1 rings (SSSR count). The summed E-state index contributed by atoms with van der Waals surface area (Å²) in [6.07, 6.45) is 0. The summed E-state index contributed by atoms with van der Waals surface area (Å²) in [7, 11) is 0. The molecule has 1 aliphatic heterocycles. The van der Waals surface area contributed by atoms with Gasteiger partial charge in [0.2, 0.25) is 0 Å². The third kappa shape index (κ3) is 1.74. The number of hydrogen-bond donors (Lipinski definition) is 0. The highest BCUT2D eigenvalue weighted by atomic mass is 35.5. The molecule has 0 aliphatic carbocycles. The normalized spacial score (nSPS) is 23.6. The first-order valence-corrected chi connectivity index (χ1v) is 4.86. The number of rotatable bonds is 1. The van der Waals surface area contributed by atoms with Crippen LogP contribution in [0.2, 0.25) is 0 Å². The molecule has 0 atom stereocenters. The lowest BCUT2D eigenvalue weighted by molar-refractivity contribution is 1.45. The van der Waals surface area contributed by atoms with Gasteiger partial charge in [-0.2, -0.15) is 0 Å². The molecule has 42 valence electrons. The van der Waals surface area contributed by atoms with E-state index >= 15 is 0 Å². The average Bonchev–Trinajstić information content (AvgIpc) is 2.14. The van der Waals surface area contributed by atoms with Crippen molar-refractivity contribution >= 4 is 35.1 Å². The van der Waals surface area contributed by atoms with Crippen molar-refractivity contribution in [1.82, 2.24) is 0 Å². The van der Waals surface area contributed by atoms with Crippen molar-refractivity contribution in [2.45, 2.75) is 4.58 Å².